The van der Waals surface area contributed by atoms with Gasteiger partial charge in [0.1, 0.15) is 12.4 Å². The van der Waals surface area contributed by atoms with Crippen LogP contribution in [-0.2, 0) is 6.61 Å². The van der Waals surface area contributed by atoms with Crippen LogP contribution in [0.1, 0.15) is 11.1 Å². The molecular weight excluding hydrogens is 380 g/mol. The van der Waals surface area contributed by atoms with Crippen molar-refractivity contribution in [1.82, 2.24) is 10.1 Å². The van der Waals surface area contributed by atoms with E-state index in [9.17, 15) is 0 Å². The maximum Gasteiger partial charge on any atom is 0.258 e. The highest BCUT2D eigenvalue weighted by Gasteiger charge is 2.14. The van der Waals surface area contributed by atoms with Crippen LogP contribution in [0, 0.1) is 6.92 Å². The molecule has 0 N–H and O–H groups in total. The Morgan fingerprint density at radius 2 is 1.70 bits per heavy atom. The van der Waals surface area contributed by atoms with Crippen LogP contribution in [0.15, 0.2) is 71.3 Å². The molecule has 0 unspecified atom stereocenters. The highest BCUT2D eigenvalue weighted by molar-refractivity contribution is 5.64. The zero-order valence-electron chi connectivity index (χ0n) is 17.1. The number of hydrogen-bond acceptors (Lipinski definition) is 6. The lowest BCUT2D eigenvalue weighted by Crippen LogP contribution is -1.99. The van der Waals surface area contributed by atoms with Crippen molar-refractivity contribution in [3.8, 4) is 40.1 Å². The lowest BCUT2D eigenvalue weighted by atomic mass is 10.1. The van der Waals surface area contributed by atoms with Crippen LogP contribution < -0.4 is 14.2 Å². The maximum absolute atomic E-state index is 5.98. The summed E-state index contributed by atoms with van der Waals surface area (Å²) in [6, 6.07) is 21.2. The Labute approximate surface area is 175 Å². The number of aryl methyl sites for hydroxylation is 1. The minimum Gasteiger partial charge on any atom is -0.497 e. The summed E-state index contributed by atoms with van der Waals surface area (Å²) in [5.41, 5.74) is 3.88. The standard InChI is InChI=1S/C24H22N2O4/c1-16-7-4-5-8-19(16)15-29-21-12-11-17(14-22(21)28-3)23-25-24(30-26-23)18-9-6-10-20(13-18)27-2/h4-14H,15H2,1-3H3. The quantitative estimate of drug-likeness (QED) is 0.417. The fourth-order valence-electron chi connectivity index (χ4n) is 3.07. The van der Waals surface area contributed by atoms with E-state index in [1.165, 1.54) is 5.56 Å². The van der Waals surface area contributed by atoms with E-state index in [4.69, 9.17) is 18.7 Å². The van der Waals surface area contributed by atoms with Crippen molar-refractivity contribution in [3.63, 3.8) is 0 Å². The number of benzene rings is 3. The third kappa shape index (κ3) is 4.12. The molecule has 152 valence electrons. The molecule has 30 heavy (non-hydrogen) atoms. The normalized spacial score (nSPS) is 10.6. The molecule has 0 saturated carbocycles. The summed E-state index contributed by atoms with van der Waals surface area (Å²) >= 11 is 0. The van der Waals surface area contributed by atoms with E-state index in [0.717, 1.165) is 22.4 Å². The predicted octanol–water partition coefficient (Wildman–Crippen LogP) is 5.31. The average molecular weight is 402 g/mol. The summed E-state index contributed by atoms with van der Waals surface area (Å²) < 4.78 is 22.2. The molecule has 0 atom stereocenters. The van der Waals surface area contributed by atoms with Gasteiger partial charge in [-0.15, -0.1) is 0 Å². The Bertz CT molecular complexity index is 1150. The van der Waals surface area contributed by atoms with Gasteiger partial charge in [0.2, 0.25) is 5.82 Å². The summed E-state index contributed by atoms with van der Waals surface area (Å²) in [5, 5.41) is 4.11. The van der Waals surface area contributed by atoms with E-state index >= 15 is 0 Å². The smallest absolute Gasteiger partial charge is 0.258 e. The molecule has 0 aliphatic rings. The molecule has 0 spiro atoms. The van der Waals surface area contributed by atoms with Crippen LogP contribution in [-0.4, -0.2) is 24.4 Å². The first-order chi connectivity index (χ1) is 14.7. The maximum atomic E-state index is 5.98. The molecule has 0 aliphatic carbocycles. The van der Waals surface area contributed by atoms with Crippen LogP contribution in [0.2, 0.25) is 0 Å². The molecule has 1 heterocycles. The molecule has 0 bridgehead atoms. The van der Waals surface area contributed by atoms with Crippen molar-refractivity contribution in [2.45, 2.75) is 13.5 Å². The fraction of sp³-hybridized carbons (Fsp3) is 0.167. The Balaban J connectivity index is 1.55. The van der Waals surface area contributed by atoms with Crippen LogP contribution in [0.5, 0.6) is 17.2 Å². The van der Waals surface area contributed by atoms with Gasteiger partial charge >= 0.3 is 0 Å². The SMILES string of the molecule is COc1cccc(-c2nc(-c3ccc(OCc4ccccc4C)c(OC)c3)no2)c1. The number of methoxy groups -OCH3 is 2. The molecule has 4 aromatic rings. The first kappa shape index (κ1) is 19.5. The molecule has 3 aromatic carbocycles. The number of aromatic nitrogens is 2. The van der Waals surface area contributed by atoms with Crippen molar-refractivity contribution >= 4 is 0 Å². The Hall–Kier alpha value is -3.80. The predicted molar refractivity (Wildman–Crippen MR) is 114 cm³/mol. The van der Waals surface area contributed by atoms with Crippen molar-refractivity contribution in [1.29, 1.82) is 0 Å². The molecule has 0 saturated heterocycles. The Kier molecular flexibility index (Phi) is 5.66. The molecule has 6 heteroatoms. The van der Waals surface area contributed by atoms with Gasteiger partial charge in [-0.2, -0.15) is 4.98 Å². The minimum atomic E-state index is 0.419. The van der Waals surface area contributed by atoms with Gasteiger partial charge in [-0.1, -0.05) is 35.5 Å². The van der Waals surface area contributed by atoms with Gasteiger partial charge in [0.15, 0.2) is 11.5 Å². The Morgan fingerprint density at radius 3 is 2.50 bits per heavy atom. The minimum absolute atomic E-state index is 0.419. The lowest BCUT2D eigenvalue weighted by Gasteiger charge is -2.12. The summed E-state index contributed by atoms with van der Waals surface area (Å²) in [5.74, 6) is 2.87. The van der Waals surface area contributed by atoms with Crippen molar-refractivity contribution in [3.05, 3.63) is 77.9 Å². The lowest BCUT2D eigenvalue weighted by molar-refractivity contribution is 0.284. The number of hydrogen-bond donors (Lipinski definition) is 0. The zero-order chi connectivity index (χ0) is 20.9. The molecule has 0 amide bonds. The summed E-state index contributed by atoms with van der Waals surface area (Å²) in [6.07, 6.45) is 0. The van der Waals surface area contributed by atoms with Crippen molar-refractivity contribution < 1.29 is 18.7 Å². The van der Waals surface area contributed by atoms with E-state index < -0.39 is 0 Å². The van der Waals surface area contributed by atoms with Gasteiger partial charge in [-0.25, -0.2) is 0 Å². The van der Waals surface area contributed by atoms with Gasteiger partial charge < -0.3 is 18.7 Å². The summed E-state index contributed by atoms with van der Waals surface area (Å²) in [7, 11) is 3.23. The molecule has 6 nitrogen and oxygen atoms in total. The van der Waals surface area contributed by atoms with Crippen molar-refractivity contribution in [2.24, 2.45) is 0 Å². The summed E-state index contributed by atoms with van der Waals surface area (Å²) in [4.78, 5) is 4.51. The third-order valence-electron chi connectivity index (χ3n) is 4.81. The first-order valence-electron chi connectivity index (χ1n) is 9.52. The van der Waals surface area contributed by atoms with Crippen LogP contribution in [0.4, 0.5) is 0 Å². The molecule has 0 fully saturated rings. The highest BCUT2D eigenvalue weighted by Crippen LogP contribution is 2.33. The second-order valence-corrected chi connectivity index (χ2v) is 6.74. The zero-order valence-corrected chi connectivity index (χ0v) is 17.1. The van der Waals surface area contributed by atoms with Gasteiger partial charge in [0.05, 0.1) is 14.2 Å². The second-order valence-electron chi connectivity index (χ2n) is 6.74. The largest absolute Gasteiger partial charge is 0.497 e. The van der Waals surface area contributed by atoms with E-state index in [1.807, 2.05) is 54.6 Å². The fourth-order valence-corrected chi connectivity index (χ4v) is 3.07. The van der Waals surface area contributed by atoms with E-state index in [-0.39, 0.29) is 0 Å². The molecule has 1 aromatic heterocycles. The van der Waals surface area contributed by atoms with Crippen LogP contribution >= 0.6 is 0 Å². The number of ether oxygens (including phenoxy) is 3. The van der Waals surface area contributed by atoms with Crippen LogP contribution in [0.3, 0.4) is 0 Å². The van der Waals surface area contributed by atoms with E-state index in [2.05, 4.69) is 29.2 Å². The monoisotopic (exact) mass is 402 g/mol. The third-order valence-corrected chi connectivity index (χ3v) is 4.81. The molecule has 4 rings (SSSR count). The summed E-state index contributed by atoms with van der Waals surface area (Å²) in [6.45, 7) is 2.53. The van der Waals surface area contributed by atoms with Crippen LogP contribution in [0.25, 0.3) is 22.8 Å². The first-order valence-corrected chi connectivity index (χ1v) is 9.52. The molecule has 0 aliphatic heterocycles. The average Bonchev–Trinajstić information content (AvgIpc) is 3.29. The topological polar surface area (TPSA) is 66.6 Å². The number of nitrogens with zero attached hydrogens (tertiary/aromatic N) is 2. The Morgan fingerprint density at radius 1 is 0.833 bits per heavy atom. The van der Waals surface area contributed by atoms with Gasteiger partial charge in [-0.05, 0) is 54.4 Å². The van der Waals surface area contributed by atoms with E-state index in [1.54, 1.807) is 14.2 Å². The van der Waals surface area contributed by atoms with Crippen molar-refractivity contribution in [2.75, 3.05) is 14.2 Å². The van der Waals surface area contributed by atoms with Gasteiger partial charge in [0.25, 0.3) is 5.89 Å². The highest BCUT2D eigenvalue weighted by atomic mass is 16.5. The van der Waals surface area contributed by atoms with Gasteiger partial charge in [-0.3, -0.25) is 0 Å². The van der Waals surface area contributed by atoms with Gasteiger partial charge in [0, 0.05) is 11.1 Å². The molecular formula is C24H22N2O4. The second kappa shape index (κ2) is 8.69. The van der Waals surface area contributed by atoms with E-state index in [0.29, 0.717) is 29.8 Å². The molecule has 0 radical (unpaired) electrons. The number of rotatable bonds is 7.